The molecule has 0 spiro atoms. The molecule has 6 heteroatoms. The highest BCUT2D eigenvalue weighted by atomic mass is 16.5. The molecule has 0 unspecified atom stereocenters. The molecule has 0 saturated heterocycles. The van der Waals surface area contributed by atoms with Crippen molar-refractivity contribution in [1.29, 1.82) is 0 Å². The normalized spacial score (nSPS) is 16.9. The molecule has 1 rings (SSSR count). The van der Waals surface area contributed by atoms with Gasteiger partial charge in [-0.1, -0.05) is 5.11 Å². The van der Waals surface area contributed by atoms with Crippen LogP contribution in [0.1, 0.15) is 19.8 Å². The van der Waals surface area contributed by atoms with Gasteiger partial charge in [0.2, 0.25) is 0 Å². The minimum Gasteiger partial charge on any atom is -0.465 e. The highest BCUT2D eigenvalue weighted by Crippen LogP contribution is 2.36. The minimum atomic E-state index is -0.485. The predicted octanol–water partition coefficient (Wildman–Crippen LogP) is 0.982. The molecule has 1 fully saturated rings. The van der Waals surface area contributed by atoms with Crippen LogP contribution in [0.2, 0.25) is 0 Å². The summed E-state index contributed by atoms with van der Waals surface area (Å²) < 4.78 is 4.92. The molecule has 0 aliphatic heterocycles. The van der Waals surface area contributed by atoms with Gasteiger partial charge in [0.15, 0.2) is 0 Å². The molecule has 78 valence electrons. The molecule has 0 atom stereocenters. The van der Waals surface area contributed by atoms with Gasteiger partial charge in [-0.25, -0.2) is 0 Å². The molecule has 14 heavy (non-hydrogen) atoms. The molecule has 0 heterocycles. The third kappa shape index (κ3) is 2.61. The van der Waals surface area contributed by atoms with E-state index in [9.17, 15) is 4.79 Å². The third-order valence-corrected chi connectivity index (χ3v) is 2.15. The monoisotopic (exact) mass is 198 g/mol. The fourth-order valence-corrected chi connectivity index (χ4v) is 1.24. The van der Waals surface area contributed by atoms with E-state index in [2.05, 4.69) is 15.3 Å². The van der Waals surface area contributed by atoms with Crippen molar-refractivity contribution in [2.75, 3.05) is 19.7 Å². The number of hydrogen-bond acceptors (Lipinski definition) is 4. The second-order valence-corrected chi connectivity index (χ2v) is 3.18. The van der Waals surface area contributed by atoms with Gasteiger partial charge in [0.05, 0.1) is 6.61 Å². The van der Waals surface area contributed by atoms with Gasteiger partial charge in [0.25, 0.3) is 0 Å². The second kappa shape index (κ2) is 4.83. The van der Waals surface area contributed by atoms with Gasteiger partial charge in [-0.05, 0) is 25.3 Å². The van der Waals surface area contributed by atoms with Crippen LogP contribution in [0.3, 0.4) is 0 Å². The van der Waals surface area contributed by atoms with E-state index >= 15 is 0 Å². The van der Waals surface area contributed by atoms with Crippen molar-refractivity contribution in [3.05, 3.63) is 10.4 Å². The second-order valence-electron chi connectivity index (χ2n) is 3.18. The molecule has 0 aromatic rings. The van der Waals surface area contributed by atoms with Gasteiger partial charge in [0, 0.05) is 18.0 Å². The summed E-state index contributed by atoms with van der Waals surface area (Å²) in [5.41, 5.74) is 7.56. The van der Waals surface area contributed by atoms with E-state index in [1.807, 2.05) is 0 Å². The number of carbonyl (C=O) groups excluding carboxylic acids is 1. The number of hydrogen-bond donors (Lipinski definition) is 1. The number of nitrogens with zero attached hydrogens (tertiary/aromatic N) is 3. The maximum absolute atomic E-state index is 11.4. The first-order chi connectivity index (χ1) is 6.75. The van der Waals surface area contributed by atoms with Gasteiger partial charge in [-0.2, -0.15) is 0 Å². The fourth-order valence-electron chi connectivity index (χ4n) is 1.24. The summed E-state index contributed by atoms with van der Waals surface area (Å²) >= 11 is 0. The number of rotatable bonds is 6. The van der Waals surface area contributed by atoms with Crippen molar-refractivity contribution >= 4 is 5.97 Å². The first-order valence-electron chi connectivity index (χ1n) is 4.68. The Morgan fingerprint density at radius 2 is 2.43 bits per heavy atom. The molecule has 0 amide bonds. The van der Waals surface area contributed by atoms with Crippen LogP contribution in [-0.4, -0.2) is 31.2 Å². The van der Waals surface area contributed by atoms with Crippen LogP contribution in [0.4, 0.5) is 0 Å². The Kier molecular flexibility index (Phi) is 3.73. The van der Waals surface area contributed by atoms with Gasteiger partial charge in [-0.15, -0.1) is 0 Å². The van der Waals surface area contributed by atoms with Crippen LogP contribution >= 0.6 is 0 Å². The van der Waals surface area contributed by atoms with E-state index in [4.69, 9.17) is 10.3 Å². The van der Waals surface area contributed by atoms with Crippen LogP contribution in [0.5, 0.6) is 0 Å². The van der Waals surface area contributed by atoms with Crippen molar-refractivity contribution in [3.8, 4) is 0 Å². The smallest absolute Gasteiger partial charge is 0.326 e. The number of carbonyl (C=O) groups is 1. The Hall–Kier alpha value is -1.26. The van der Waals surface area contributed by atoms with E-state index in [1.54, 1.807) is 6.92 Å². The molecular weight excluding hydrogens is 184 g/mol. The van der Waals surface area contributed by atoms with Crippen LogP contribution in [0, 0.1) is 0 Å². The van der Waals surface area contributed by atoms with E-state index in [0.29, 0.717) is 19.7 Å². The first kappa shape index (κ1) is 10.8. The van der Waals surface area contributed by atoms with Crippen LogP contribution in [0.25, 0.3) is 10.4 Å². The molecule has 1 aliphatic rings. The van der Waals surface area contributed by atoms with E-state index in [-0.39, 0.29) is 5.97 Å². The Bertz CT molecular complexity index is 256. The number of esters is 1. The van der Waals surface area contributed by atoms with Crippen molar-refractivity contribution < 1.29 is 9.53 Å². The van der Waals surface area contributed by atoms with Gasteiger partial charge >= 0.3 is 5.97 Å². The van der Waals surface area contributed by atoms with Crippen molar-refractivity contribution in [2.45, 2.75) is 25.3 Å². The maximum Gasteiger partial charge on any atom is 0.326 e. The third-order valence-electron chi connectivity index (χ3n) is 2.15. The first-order valence-corrected chi connectivity index (χ1v) is 4.68. The lowest BCUT2D eigenvalue weighted by Crippen LogP contribution is -2.41. The van der Waals surface area contributed by atoms with Crippen molar-refractivity contribution in [3.63, 3.8) is 0 Å². The Morgan fingerprint density at radius 1 is 1.71 bits per heavy atom. The summed E-state index contributed by atoms with van der Waals surface area (Å²) in [6.07, 6.45) is 1.62. The Morgan fingerprint density at radius 3 is 2.93 bits per heavy atom. The topological polar surface area (TPSA) is 87.1 Å². The lowest BCUT2D eigenvalue weighted by atomic mass is 10.3. The van der Waals surface area contributed by atoms with E-state index < -0.39 is 5.54 Å². The number of azide groups is 1. The van der Waals surface area contributed by atoms with Gasteiger partial charge < -0.3 is 10.1 Å². The van der Waals surface area contributed by atoms with Crippen LogP contribution < -0.4 is 5.32 Å². The molecule has 1 aliphatic carbocycles. The average molecular weight is 198 g/mol. The molecule has 0 radical (unpaired) electrons. The minimum absolute atomic E-state index is 0.194. The molecule has 6 nitrogen and oxygen atoms in total. The highest BCUT2D eigenvalue weighted by molar-refractivity contribution is 5.84. The largest absolute Gasteiger partial charge is 0.465 e. The summed E-state index contributed by atoms with van der Waals surface area (Å²) in [7, 11) is 0. The molecule has 0 aromatic carbocycles. The standard InChI is InChI=1S/C8H14N4O2/c1-2-14-7(13)8(3-4-8)10-5-6-11-12-9/h10H,2-6H2,1H3. The fraction of sp³-hybridized carbons (Fsp3) is 0.875. The van der Waals surface area contributed by atoms with Crippen LogP contribution in [-0.2, 0) is 9.53 Å². The summed E-state index contributed by atoms with van der Waals surface area (Å²) in [5, 5.41) is 6.42. The lowest BCUT2D eigenvalue weighted by molar-refractivity contribution is -0.146. The Balaban J connectivity index is 2.28. The SMILES string of the molecule is CCOC(=O)C1(NCCN=[N+]=[N-])CC1. The maximum atomic E-state index is 11.4. The number of nitrogens with one attached hydrogen (secondary N) is 1. The molecule has 1 N–H and O–H groups in total. The summed E-state index contributed by atoms with van der Waals surface area (Å²) in [6, 6.07) is 0. The van der Waals surface area contributed by atoms with E-state index in [1.165, 1.54) is 0 Å². The average Bonchev–Trinajstić information content (AvgIpc) is 2.94. The summed E-state index contributed by atoms with van der Waals surface area (Å²) in [4.78, 5) is 14.0. The molecule has 1 saturated carbocycles. The zero-order valence-corrected chi connectivity index (χ0v) is 8.19. The predicted molar refractivity (Wildman–Crippen MR) is 50.6 cm³/mol. The van der Waals surface area contributed by atoms with Gasteiger partial charge in [0.1, 0.15) is 5.54 Å². The van der Waals surface area contributed by atoms with Crippen molar-refractivity contribution in [1.82, 2.24) is 5.32 Å². The Labute approximate surface area is 82.2 Å². The van der Waals surface area contributed by atoms with Crippen molar-refractivity contribution in [2.24, 2.45) is 5.11 Å². The molecule has 0 aromatic heterocycles. The summed E-state index contributed by atoms with van der Waals surface area (Å²) in [5.74, 6) is -0.194. The summed E-state index contributed by atoms with van der Waals surface area (Å²) in [6.45, 7) is 3.06. The van der Waals surface area contributed by atoms with Gasteiger partial charge in [-0.3, -0.25) is 4.79 Å². The highest BCUT2D eigenvalue weighted by Gasteiger charge is 2.50. The zero-order valence-electron chi connectivity index (χ0n) is 8.19. The quantitative estimate of drug-likeness (QED) is 0.227. The lowest BCUT2D eigenvalue weighted by Gasteiger charge is -2.14. The zero-order chi connectivity index (χ0) is 10.4. The van der Waals surface area contributed by atoms with E-state index in [0.717, 1.165) is 12.8 Å². The van der Waals surface area contributed by atoms with Crippen LogP contribution in [0.15, 0.2) is 5.11 Å². The molecular formula is C8H14N4O2. The number of ether oxygens (including phenoxy) is 1. The molecule has 0 bridgehead atoms.